The third-order valence-electron chi connectivity index (χ3n) is 1.19. The van der Waals surface area contributed by atoms with Crippen LogP contribution in [0.1, 0.15) is 20.8 Å². The Bertz CT molecular complexity index is 155. The highest BCUT2D eigenvalue weighted by atomic mass is 14.6. The highest BCUT2D eigenvalue weighted by Gasteiger charge is 1.86. The standard InChI is InChI=1S/C9H15N/c1-5-6-9(7-10-4)8(2)3/h5-7H,1-4H3/b6-5-,10-7?. The van der Waals surface area contributed by atoms with E-state index in [9.17, 15) is 0 Å². The Balaban J connectivity index is 4.43. The monoisotopic (exact) mass is 137 g/mol. The van der Waals surface area contributed by atoms with Crippen molar-refractivity contribution in [2.45, 2.75) is 20.8 Å². The Labute approximate surface area is 63.2 Å². The van der Waals surface area contributed by atoms with Crippen molar-refractivity contribution in [3.05, 3.63) is 23.3 Å². The predicted octanol–water partition coefficient (Wildman–Crippen LogP) is 2.60. The third-order valence-corrected chi connectivity index (χ3v) is 1.19. The lowest BCUT2D eigenvalue weighted by molar-refractivity contribution is 1.35. The summed E-state index contributed by atoms with van der Waals surface area (Å²) in [6.07, 6.45) is 5.95. The van der Waals surface area contributed by atoms with Crippen molar-refractivity contribution in [2.75, 3.05) is 7.05 Å². The number of allylic oxidation sites excluding steroid dienone is 4. The molecule has 0 aromatic heterocycles. The van der Waals surface area contributed by atoms with Gasteiger partial charge in [-0.1, -0.05) is 17.7 Å². The minimum atomic E-state index is 1.20. The van der Waals surface area contributed by atoms with E-state index in [1.165, 1.54) is 11.1 Å². The Morgan fingerprint density at radius 1 is 1.30 bits per heavy atom. The Hall–Kier alpha value is -0.850. The van der Waals surface area contributed by atoms with Gasteiger partial charge in [0.2, 0.25) is 0 Å². The molecule has 0 atom stereocenters. The van der Waals surface area contributed by atoms with E-state index >= 15 is 0 Å². The molecule has 0 N–H and O–H groups in total. The van der Waals surface area contributed by atoms with Crippen LogP contribution in [-0.2, 0) is 0 Å². The van der Waals surface area contributed by atoms with Gasteiger partial charge in [-0.05, 0) is 26.3 Å². The van der Waals surface area contributed by atoms with Crippen molar-refractivity contribution in [2.24, 2.45) is 4.99 Å². The maximum Gasteiger partial charge on any atom is 0.0280 e. The van der Waals surface area contributed by atoms with Crippen molar-refractivity contribution in [3.8, 4) is 0 Å². The highest BCUT2D eigenvalue weighted by molar-refractivity contribution is 5.83. The fourth-order valence-electron chi connectivity index (χ4n) is 0.657. The van der Waals surface area contributed by atoms with E-state index in [-0.39, 0.29) is 0 Å². The zero-order chi connectivity index (χ0) is 7.98. The van der Waals surface area contributed by atoms with Crippen LogP contribution < -0.4 is 0 Å². The number of aliphatic imine (C=N–C) groups is 1. The van der Waals surface area contributed by atoms with Crippen LogP contribution in [0.5, 0.6) is 0 Å². The van der Waals surface area contributed by atoms with Gasteiger partial charge in [0.15, 0.2) is 0 Å². The molecule has 0 unspecified atom stereocenters. The van der Waals surface area contributed by atoms with Crippen LogP contribution in [0.3, 0.4) is 0 Å². The third kappa shape index (κ3) is 3.23. The quantitative estimate of drug-likeness (QED) is 0.410. The average Bonchev–Trinajstić information content (AvgIpc) is 1.87. The van der Waals surface area contributed by atoms with E-state index in [4.69, 9.17) is 0 Å². The fourth-order valence-corrected chi connectivity index (χ4v) is 0.657. The molecule has 0 spiro atoms. The van der Waals surface area contributed by atoms with E-state index < -0.39 is 0 Å². The van der Waals surface area contributed by atoms with Crippen LogP contribution >= 0.6 is 0 Å². The summed E-state index contributed by atoms with van der Waals surface area (Å²) in [6, 6.07) is 0. The summed E-state index contributed by atoms with van der Waals surface area (Å²) in [6.45, 7) is 6.17. The number of hydrogen-bond donors (Lipinski definition) is 0. The first-order valence-electron chi connectivity index (χ1n) is 3.44. The van der Waals surface area contributed by atoms with Crippen molar-refractivity contribution >= 4 is 6.21 Å². The number of rotatable bonds is 2. The molecular formula is C9H15N. The second-order valence-electron chi connectivity index (χ2n) is 2.34. The van der Waals surface area contributed by atoms with Gasteiger partial charge in [0.25, 0.3) is 0 Å². The molecule has 56 valence electrons. The second kappa shape index (κ2) is 4.98. The molecule has 1 nitrogen and oxygen atoms in total. The smallest absolute Gasteiger partial charge is 0.0280 e. The SMILES string of the molecule is C/C=C\C(C=NC)=C(C)C. The molecule has 0 radical (unpaired) electrons. The molecule has 0 heterocycles. The van der Waals surface area contributed by atoms with Crippen LogP contribution in [0.25, 0.3) is 0 Å². The normalized spacial score (nSPS) is 11.2. The molecule has 0 saturated heterocycles. The molecule has 0 rings (SSSR count). The molecule has 10 heavy (non-hydrogen) atoms. The summed E-state index contributed by atoms with van der Waals surface area (Å²) >= 11 is 0. The van der Waals surface area contributed by atoms with E-state index in [2.05, 4.69) is 24.9 Å². The van der Waals surface area contributed by atoms with Gasteiger partial charge in [-0.15, -0.1) is 0 Å². The predicted molar refractivity (Wildman–Crippen MR) is 47.6 cm³/mol. The van der Waals surface area contributed by atoms with Crippen molar-refractivity contribution in [1.29, 1.82) is 0 Å². The van der Waals surface area contributed by atoms with Gasteiger partial charge in [-0.2, -0.15) is 0 Å². The summed E-state index contributed by atoms with van der Waals surface area (Å²) in [5.41, 5.74) is 2.49. The molecule has 0 saturated carbocycles. The Morgan fingerprint density at radius 3 is 2.20 bits per heavy atom. The largest absolute Gasteiger partial charge is 0.296 e. The van der Waals surface area contributed by atoms with Crippen molar-refractivity contribution in [3.63, 3.8) is 0 Å². The molecule has 1 heteroatoms. The van der Waals surface area contributed by atoms with E-state index in [1.807, 2.05) is 19.2 Å². The summed E-state index contributed by atoms with van der Waals surface area (Å²) < 4.78 is 0. The molecule has 0 amide bonds. The molecule has 0 bridgehead atoms. The van der Waals surface area contributed by atoms with Gasteiger partial charge in [0.1, 0.15) is 0 Å². The molecule has 0 aliphatic heterocycles. The van der Waals surface area contributed by atoms with E-state index in [0.717, 1.165) is 0 Å². The highest BCUT2D eigenvalue weighted by Crippen LogP contribution is 2.01. The van der Waals surface area contributed by atoms with E-state index in [1.54, 1.807) is 7.05 Å². The molecular weight excluding hydrogens is 122 g/mol. The topological polar surface area (TPSA) is 12.4 Å². The molecule has 0 aliphatic carbocycles. The van der Waals surface area contributed by atoms with E-state index in [0.29, 0.717) is 0 Å². The van der Waals surface area contributed by atoms with Gasteiger partial charge in [0, 0.05) is 13.3 Å². The number of nitrogens with zero attached hydrogens (tertiary/aromatic N) is 1. The lowest BCUT2D eigenvalue weighted by atomic mass is 10.1. The van der Waals surface area contributed by atoms with Gasteiger partial charge in [0.05, 0.1) is 0 Å². The van der Waals surface area contributed by atoms with Gasteiger partial charge in [-0.3, -0.25) is 4.99 Å². The van der Waals surface area contributed by atoms with Crippen LogP contribution in [0.2, 0.25) is 0 Å². The summed E-state index contributed by atoms with van der Waals surface area (Å²) in [4.78, 5) is 3.94. The lowest BCUT2D eigenvalue weighted by Crippen LogP contribution is -1.82. The minimum Gasteiger partial charge on any atom is -0.296 e. The van der Waals surface area contributed by atoms with Crippen LogP contribution in [0, 0.1) is 0 Å². The molecule has 0 aliphatic rings. The Morgan fingerprint density at radius 2 is 1.90 bits per heavy atom. The van der Waals surface area contributed by atoms with Gasteiger partial charge in [-0.25, -0.2) is 0 Å². The molecule has 0 aromatic carbocycles. The maximum atomic E-state index is 3.94. The maximum absolute atomic E-state index is 3.94. The van der Waals surface area contributed by atoms with Gasteiger partial charge >= 0.3 is 0 Å². The zero-order valence-corrected chi connectivity index (χ0v) is 7.18. The Kier molecular flexibility index (Phi) is 4.55. The molecule has 0 fully saturated rings. The van der Waals surface area contributed by atoms with Crippen LogP contribution in [0.4, 0.5) is 0 Å². The van der Waals surface area contributed by atoms with Crippen molar-refractivity contribution < 1.29 is 0 Å². The first-order chi connectivity index (χ1) is 4.72. The summed E-state index contributed by atoms with van der Waals surface area (Å²) in [7, 11) is 1.78. The van der Waals surface area contributed by atoms with Crippen LogP contribution in [-0.4, -0.2) is 13.3 Å². The number of hydrogen-bond acceptors (Lipinski definition) is 1. The second-order valence-corrected chi connectivity index (χ2v) is 2.34. The van der Waals surface area contributed by atoms with Crippen molar-refractivity contribution in [1.82, 2.24) is 0 Å². The van der Waals surface area contributed by atoms with Gasteiger partial charge < -0.3 is 0 Å². The lowest BCUT2D eigenvalue weighted by Gasteiger charge is -1.94. The zero-order valence-electron chi connectivity index (χ0n) is 7.18. The summed E-state index contributed by atoms with van der Waals surface area (Å²) in [5.74, 6) is 0. The minimum absolute atomic E-state index is 1.20. The first-order valence-corrected chi connectivity index (χ1v) is 3.44. The summed E-state index contributed by atoms with van der Waals surface area (Å²) in [5, 5.41) is 0. The average molecular weight is 137 g/mol. The molecule has 0 aromatic rings. The fraction of sp³-hybridized carbons (Fsp3) is 0.444. The van der Waals surface area contributed by atoms with Crippen LogP contribution in [0.15, 0.2) is 28.3 Å². The first kappa shape index (κ1) is 9.15.